The van der Waals surface area contributed by atoms with Crippen molar-refractivity contribution < 1.29 is 9.18 Å². The van der Waals surface area contributed by atoms with E-state index in [0.717, 1.165) is 0 Å². The Morgan fingerprint density at radius 2 is 2.00 bits per heavy atom. The molecule has 1 amide bonds. The summed E-state index contributed by atoms with van der Waals surface area (Å²) in [5, 5.41) is 5.85. The molecule has 122 valence electrons. The second-order valence-electron chi connectivity index (χ2n) is 5.73. The summed E-state index contributed by atoms with van der Waals surface area (Å²) >= 11 is 0. The summed E-state index contributed by atoms with van der Waals surface area (Å²) in [5.74, 6) is 0.827. The number of hydrogen-bond donors (Lipinski definition) is 2. The topological polar surface area (TPSA) is 66.9 Å². The highest BCUT2D eigenvalue weighted by molar-refractivity contribution is 5.92. The molecule has 0 unspecified atom stereocenters. The molecule has 0 fully saturated rings. The van der Waals surface area contributed by atoms with Gasteiger partial charge in [-0.3, -0.25) is 4.79 Å². The van der Waals surface area contributed by atoms with Crippen LogP contribution in [-0.4, -0.2) is 22.4 Å². The van der Waals surface area contributed by atoms with Gasteiger partial charge in [-0.2, -0.15) is 0 Å². The monoisotopic (exact) mass is 316 g/mol. The molecule has 1 heterocycles. The smallest absolute Gasteiger partial charge is 0.270 e. The number of rotatable bonds is 6. The van der Waals surface area contributed by atoms with Crippen LogP contribution < -0.4 is 10.6 Å². The lowest BCUT2D eigenvalue weighted by Gasteiger charge is -2.10. The molecule has 2 rings (SSSR count). The fourth-order valence-electron chi connectivity index (χ4n) is 1.99. The summed E-state index contributed by atoms with van der Waals surface area (Å²) in [6.45, 7) is 6.63. The summed E-state index contributed by atoms with van der Waals surface area (Å²) in [7, 11) is 0. The number of carbonyl (C=O) groups excluding carboxylic acids is 1. The average Bonchev–Trinajstić information content (AvgIpc) is 2.51. The molecular weight excluding hydrogens is 295 g/mol. The predicted molar refractivity (Wildman–Crippen MR) is 87.7 cm³/mol. The van der Waals surface area contributed by atoms with E-state index in [0.29, 0.717) is 35.4 Å². The average molecular weight is 316 g/mol. The first-order valence-electron chi connectivity index (χ1n) is 7.57. The zero-order chi connectivity index (χ0) is 16.8. The van der Waals surface area contributed by atoms with Gasteiger partial charge in [0, 0.05) is 24.7 Å². The van der Waals surface area contributed by atoms with E-state index in [2.05, 4.69) is 20.6 Å². The van der Waals surface area contributed by atoms with Gasteiger partial charge in [0.25, 0.3) is 5.91 Å². The standard InChI is InChI=1S/C17H21FN4O/c1-11(2)9-20-17(23)15-8-16(22-12(3)21-15)19-10-13-6-4-5-7-14(13)18/h4-8,11H,9-10H2,1-3H3,(H,20,23)(H,19,21,22). The van der Waals surface area contributed by atoms with Crippen LogP contribution >= 0.6 is 0 Å². The van der Waals surface area contributed by atoms with Crippen LogP contribution in [0.5, 0.6) is 0 Å². The maximum absolute atomic E-state index is 13.6. The third-order valence-electron chi connectivity index (χ3n) is 3.16. The minimum absolute atomic E-state index is 0.238. The van der Waals surface area contributed by atoms with Crippen molar-refractivity contribution >= 4 is 11.7 Å². The fraction of sp³-hybridized carbons (Fsp3) is 0.353. The molecule has 0 saturated heterocycles. The number of anilines is 1. The third-order valence-corrected chi connectivity index (χ3v) is 3.16. The van der Waals surface area contributed by atoms with Crippen molar-refractivity contribution in [2.24, 2.45) is 5.92 Å². The van der Waals surface area contributed by atoms with Gasteiger partial charge in [0.05, 0.1) is 0 Å². The first-order valence-corrected chi connectivity index (χ1v) is 7.57. The summed E-state index contributed by atoms with van der Waals surface area (Å²) < 4.78 is 13.6. The summed E-state index contributed by atoms with van der Waals surface area (Å²) in [6.07, 6.45) is 0. The molecule has 0 aliphatic rings. The summed E-state index contributed by atoms with van der Waals surface area (Å²) in [5.41, 5.74) is 0.837. The Morgan fingerprint density at radius 1 is 1.26 bits per heavy atom. The Labute approximate surface area is 135 Å². The van der Waals surface area contributed by atoms with Crippen molar-refractivity contribution in [1.82, 2.24) is 15.3 Å². The van der Waals surface area contributed by atoms with Gasteiger partial charge in [0.1, 0.15) is 23.2 Å². The van der Waals surface area contributed by atoms with Crippen LogP contribution in [-0.2, 0) is 6.54 Å². The lowest BCUT2D eigenvalue weighted by Crippen LogP contribution is -2.28. The Hall–Kier alpha value is -2.50. The lowest BCUT2D eigenvalue weighted by molar-refractivity contribution is 0.0943. The third kappa shape index (κ3) is 5.02. The first kappa shape index (κ1) is 16.9. The van der Waals surface area contributed by atoms with Crippen LogP contribution in [0.25, 0.3) is 0 Å². The zero-order valence-corrected chi connectivity index (χ0v) is 13.6. The fourth-order valence-corrected chi connectivity index (χ4v) is 1.99. The highest BCUT2D eigenvalue weighted by Gasteiger charge is 2.11. The highest BCUT2D eigenvalue weighted by atomic mass is 19.1. The van der Waals surface area contributed by atoms with Gasteiger partial charge < -0.3 is 10.6 Å². The normalized spacial score (nSPS) is 10.7. The van der Waals surface area contributed by atoms with Gasteiger partial charge in [0.2, 0.25) is 0 Å². The van der Waals surface area contributed by atoms with Crippen LogP contribution in [0, 0.1) is 18.7 Å². The van der Waals surface area contributed by atoms with Crippen molar-refractivity contribution in [3.8, 4) is 0 Å². The molecule has 2 N–H and O–H groups in total. The van der Waals surface area contributed by atoms with E-state index in [4.69, 9.17) is 0 Å². The molecule has 6 heteroatoms. The number of nitrogens with one attached hydrogen (secondary N) is 2. The number of hydrogen-bond acceptors (Lipinski definition) is 4. The number of aryl methyl sites for hydroxylation is 1. The number of amides is 1. The quantitative estimate of drug-likeness (QED) is 0.860. The van der Waals surface area contributed by atoms with Crippen LogP contribution in [0.2, 0.25) is 0 Å². The maximum atomic E-state index is 13.6. The summed E-state index contributed by atoms with van der Waals surface area (Å²) in [6, 6.07) is 8.10. The van der Waals surface area contributed by atoms with E-state index >= 15 is 0 Å². The molecule has 0 spiro atoms. The molecular formula is C17H21FN4O. The van der Waals surface area contributed by atoms with Crippen molar-refractivity contribution in [3.05, 3.63) is 53.2 Å². The number of halogens is 1. The highest BCUT2D eigenvalue weighted by Crippen LogP contribution is 2.11. The van der Waals surface area contributed by atoms with Gasteiger partial charge in [-0.1, -0.05) is 32.0 Å². The molecule has 5 nitrogen and oxygen atoms in total. The van der Waals surface area contributed by atoms with Gasteiger partial charge >= 0.3 is 0 Å². The van der Waals surface area contributed by atoms with E-state index in [1.165, 1.54) is 6.07 Å². The van der Waals surface area contributed by atoms with Crippen molar-refractivity contribution in [3.63, 3.8) is 0 Å². The lowest BCUT2D eigenvalue weighted by atomic mass is 10.2. The molecule has 23 heavy (non-hydrogen) atoms. The van der Waals surface area contributed by atoms with Gasteiger partial charge in [0.15, 0.2) is 0 Å². The number of benzene rings is 1. The minimum Gasteiger partial charge on any atom is -0.366 e. The van der Waals surface area contributed by atoms with Crippen LogP contribution in [0.4, 0.5) is 10.2 Å². The molecule has 1 aromatic carbocycles. The number of carbonyl (C=O) groups is 1. The summed E-state index contributed by atoms with van der Waals surface area (Å²) in [4.78, 5) is 20.5. The van der Waals surface area contributed by atoms with E-state index in [1.54, 1.807) is 31.2 Å². The van der Waals surface area contributed by atoms with Gasteiger partial charge in [-0.05, 0) is 18.9 Å². The largest absolute Gasteiger partial charge is 0.366 e. The minimum atomic E-state index is -0.277. The molecule has 0 radical (unpaired) electrons. The molecule has 0 saturated carbocycles. The molecule has 1 aromatic heterocycles. The van der Waals surface area contributed by atoms with E-state index in [9.17, 15) is 9.18 Å². The van der Waals surface area contributed by atoms with E-state index in [1.807, 2.05) is 13.8 Å². The van der Waals surface area contributed by atoms with E-state index in [-0.39, 0.29) is 18.3 Å². The van der Waals surface area contributed by atoms with Crippen molar-refractivity contribution in [1.29, 1.82) is 0 Å². The second kappa shape index (κ2) is 7.67. The Bertz CT molecular complexity index is 688. The Kier molecular flexibility index (Phi) is 5.62. The van der Waals surface area contributed by atoms with E-state index < -0.39 is 0 Å². The predicted octanol–water partition coefficient (Wildman–Crippen LogP) is 2.92. The maximum Gasteiger partial charge on any atom is 0.270 e. The Morgan fingerprint density at radius 3 is 2.70 bits per heavy atom. The molecule has 2 aromatic rings. The van der Waals surface area contributed by atoms with Crippen LogP contribution in [0.15, 0.2) is 30.3 Å². The van der Waals surface area contributed by atoms with Crippen molar-refractivity contribution in [2.45, 2.75) is 27.3 Å². The van der Waals surface area contributed by atoms with Gasteiger partial charge in [-0.15, -0.1) is 0 Å². The van der Waals surface area contributed by atoms with Gasteiger partial charge in [-0.25, -0.2) is 14.4 Å². The van der Waals surface area contributed by atoms with Crippen LogP contribution in [0.1, 0.15) is 35.7 Å². The molecule has 0 bridgehead atoms. The zero-order valence-electron chi connectivity index (χ0n) is 13.6. The van der Waals surface area contributed by atoms with Crippen molar-refractivity contribution in [2.75, 3.05) is 11.9 Å². The molecule has 0 atom stereocenters. The van der Waals surface area contributed by atoms with Crippen LogP contribution in [0.3, 0.4) is 0 Å². The first-order chi connectivity index (χ1) is 11.0. The molecule has 0 aliphatic carbocycles. The molecule has 0 aliphatic heterocycles. The second-order valence-corrected chi connectivity index (χ2v) is 5.73. The SMILES string of the molecule is Cc1nc(NCc2ccccc2F)cc(C(=O)NCC(C)C)n1. The number of nitrogens with zero attached hydrogens (tertiary/aromatic N) is 2. The number of aromatic nitrogens is 2. The Balaban J connectivity index is 2.08.